The van der Waals surface area contributed by atoms with Crippen LogP contribution in [0.3, 0.4) is 0 Å². The summed E-state index contributed by atoms with van der Waals surface area (Å²) in [7, 11) is 0. The Hall–Kier alpha value is -3.08. The normalized spacial score (nSPS) is 11.1. The molecule has 1 aromatic heterocycles. The highest BCUT2D eigenvalue weighted by atomic mass is 16.3. The lowest BCUT2D eigenvalue weighted by Gasteiger charge is -2.16. The summed E-state index contributed by atoms with van der Waals surface area (Å²) in [5, 5.41) is 13.9. The Bertz CT molecular complexity index is 1040. The van der Waals surface area contributed by atoms with Crippen LogP contribution in [-0.2, 0) is 6.54 Å². The number of nitrogens with one attached hydrogen (secondary N) is 1. The average molecular weight is 350 g/mol. The summed E-state index contributed by atoms with van der Waals surface area (Å²) >= 11 is 0. The van der Waals surface area contributed by atoms with Crippen molar-refractivity contribution in [1.82, 2.24) is 4.57 Å². The minimum Gasteiger partial charge on any atom is -0.506 e. The van der Waals surface area contributed by atoms with Gasteiger partial charge < -0.3 is 15.0 Å². The number of carbonyl (C=O) groups excluding carboxylic acids is 1. The number of benzene rings is 2. The first-order chi connectivity index (χ1) is 12.4. The van der Waals surface area contributed by atoms with E-state index >= 15 is 0 Å². The zero-order valence-corrected chi connectivity index (χ0v) is 15.1. The second kappa shape index (κ2) is 7.04. The van der Waals surface area contributed by atoms with Crippen LogP contribution >= 0.6 is 0 Å². The summed E-state index contributed by atoms with van der Waals surface area (Å²) in [4.78, 5) is 25.8. The van der Waals surface area contributed by atoms with Gasteiger partial charge >= 0.3 is 0 Å². The van der Waals surface area contributed by atoms with Gasteiger partial charge in [-0.15, -0.1) is 0 Å². The predicted octanol–water partition coefficient (Wildman–Crippen LogP) is 3.92. The number of amides is 1. The van der Waals surface area contributed by atoms with Crippen LogP contribution in [0, 0.1) is 12.8 Å². The van der Waals surface area contributed by atoms with Crippen molar-refractivity contribution in [2.24, 2.45) is 5.92 Å². The lowest BCUT2D eigenvalue weighted by atomic mass is 10.1. The third-order valence-corrected chi connectivity index (χ3v) is 4.31. The number of para-hydroxylation sites is 2. The lowest BCUT2D eigenvalue weighted by Crippen LogP contribution is -2.31. The second-order valence-corrected chi connectivity index (χ2v) is 6.82. The minimum absolute atomic E-state index is 0.216. The van der Waals surface area contributed by atoms with Crippen molar-refractivity contribution in [3.63, 3.8) is 0 Å². The first-order valence-electron chi connectivity index (χ1n) is 8.61. The number of hydrogen-bond acceptors (Lipinski definition) is 3. The van der Waals surface area contributed by atoms with Gasteiger partial charge in [0.15, 0.2) is 0 Å². The molecule has 0 saturated carbocycles. The van der Waals surface area contributed by atoms with Crippen molar-refractivity contribution in [2.75, 3.05) is 5.32 Å². The maximum atomic E-state index is 13.0. The van der Waals surface area contributed by atoms with Gasteiger partial charge in [-0.1, -0.05) is 44.2 Å². The molecule has 26 heavy (non-hydrogen) atoms. The van der Waals surface area contributed by atoms with Crippen molar-refractivity contribution in [3.05, 3.63) is 70.0 Å². The number of aromatic hydroxyl groups is 1. The molecule has 0 radical (unpaired) electrons. The summed E-state index contributed by atoms with van der Waals surface area (Å²) in [5.41, 5.74) is 1.40. The second-order valence-electron chi connectivity index (χ2n) is 6.82. The molecule has 0 atom stereocenters. The van der Waals surface area contributed by atoms with Crippen molar-refractivity contribution in [1.29, 1.82) is 0 Å². The molecule has 5 heteroatoms. The molecule has 2 aromatic carbocycles. The van der Waals surface area contributed by atoms with E-state index in [0.717, 1.165) is 5.56 Å². The fourth-order valence-electron chi connectivity index (χ4n) is 3.04. The van der Waals surface area contributed by atoms with Crippen LogP contribution < -0.4 is 10.9 Å². The smallest absolute Gasteiger partial charge is 0.267 e. The van der Waals surface area contributed by atoms with Crippen LogP contribution in [0.15, 0.2) is 53.3 Å². The highest BCUT2D eigenvalue weighted by Crippen LogP contribution is 2.27. The van der Waals surface area contributed by atoms with Gasteiger partial charge in [0.1, 0.15) is 11.3 Å². The monoisotopic (exact) mass is 350 g/mol. The fraction of sp³-hybridized carbons (Fsp3) is 0.238. The van der Waals surface area contributed by atoms with Gasteiger partial charge in [-0.05, 0) is 36.6 Å². The van der Waals surface area contributed by atoms with Crippen LogP contribution in [0.5, 0.6) is 5.75 Å². The number of nitrogens with zero attached hydrogens (tertiary/aromatic N) is 1. The summed E-state index contributed by atoms with van der Waals surface area (Å²) in [5.74, 6) is -0.672. The first kappa shape index (κ1) is 17.7. The van der Waals surface area contributed by atoms with Gasteiger partial charge in [0, 0.05) is 17.6 Å². The van der Waals surface area contributed by atoms with Crippen LogP contribution in [-0.4, -0.2) is 15.6 Å². The minimum atomic E-state index is -0.606. The molecular formula is C21H22N2O3. The molecule has 0 spiro atoms. The molecular weight excluding hydrogens is 328 g/mol. The molecule has 1 heterocycles. The van der Waals surface area contributed by atoms with E-state index < -0.39 is 11.5 Å². The van der Waals surface area contributed by atoms with E-state index in [0.29, 0.717) is 23.1 Å². The van der Waals surface area contributed by atoms with E-state index in [1.165, 1.54) is 0 Å². The molecule has 0 aliphatic carbocycles. The van der Waals surface area contributed by atoms with Crippen LogP contribution in [0.2, 0.25) is 0 Å². The Labute approximate surface area is 151 Å². The zero-order chi connectivity index (χ0) is 18.8. The Morgan fingerprint density at radius 1 is 1.12 bits per heavy atom. The summed E-state index contributed by atoms with van der Waals surface area (Å²) in [6.45, 7) is 6.33. The van der Waals surface area contributed by atoms with E-state index in [-0.39, 0.29) is 17.2 Å². The molecule has 3 aromatic rings. The number of aromatic nitrogens is 1. The van der Waals surface area contributed by atoms with Gasteiger partial charge in [0.2, 0.25) is 0 Å². The van der Waals surface area contributed by atoms with E-state index in [9.17, 15) is 14.7 Å². The number of carbonyl (C=O) groups is 1. The van der Waals surface area contributed by atoms with E-state index in [4.69, 9.17) is 0 Å². The summed E-state index contributed by atoms with van der Waals surface area (Å²) in [6.07, 6.45) is 0. The third-order valence-electron chi connectivity index (χ3n) is 4.31. The Balaban J connectivity index is 2.18. The molecule has 2 N–H and O–H groups in total. The number of aryl methyl sites for hydroxylation is 1. The molecule has 0 unspecified atom stereocenters. The van der Waals surface area contributed by atoms with Crippen LogP contribution in [0.25, 0.3) is 10.9 Å². The molecule has 0 fully saturated rings. The van der Waals surface area contributed by atoms with Gasteiger partial charge in [-0.2, -0.15) is 0 Å². The quantitative estimate of drug-likeness (QED) is 0.749. The van der Waals surface area contributed by atoms with Crippen LogP contribution in [0.1, 0.15) is 29.8 Å². The standard InChI is InChI=1S/C21H22N2O3/c1-13(2)12-23-17-11-7-5-9-15(17)19(24)18(21(23)26)20(25)22-16-10-6-4-8-14(16)3/h4-11,13,24H,12H2,1-3H3,(H,22,25). The number of pyridine rings is 1. The van der Waals surface area contributed by atoms with Crippen molar-refractivity contribution < 1.29 is 9.90 Å². The van der Waals surface area contributed by atoms with Gasteiger partial charge in [-0.25, -0.2) is 0 Å². The number of anilines is 1. The summed E-state index contributed by atoms with van der Waals surface area (Å²) in [6, 6.07) is 14.4. The lowest BCUT2D eigenvalue weighted by molar-refractivity contribution is 0.102. The Morgan fingerprint density at radius 3 is 2.46 bits per heavy atom. The zero-order valence-electron chi connectivity index (χ0n) is 15.1. The molecule has 0 aliphatic rings. The maximum Gasteiger partial charge on any atom is 0.267 e. The highest BCUT2D eigenvalue weighted by Gasteiger charge is 2.22. The van der Waals surface area contributed by atoms with Crippen molar-refractivity contribution in [3.8, 4) is 5.75 Å². The number of hydrogen-bond donors (Lipinski definition) is 2. The van der Waals surface area contributed by atoms with Crippen molar-refractivity contribution in [2.45, 2.75) is 27.3 Å². The predicted molar refractivity (Wildman–Crippen MR) is 104 cm³/mol. The maximum absolute atomic E-state index is 13.0. The SMILES string of the molecule is Cc1ccccc1NC(=O)c1c(O)c2ccccc2n(CC(C)C)c1=O. The molecule has 0 bridgehead atoms. The molecule has 0 saturated heterocycles. The molecule has 5 nitrogen and oxygen atoms in total. The number of rotatable bonds is 4. The highest BCUT2D eigenvalue weighted by molar-refractivity contribution is 6.09. The topological polar surface area (TPSA) is 71.3 Å². The molecule has 1 amide bonds. The first-order valence-corrected chi connectivity index (χ1v) is 8.61. The molecule has 0 aliphatic heterocycles. The van der Waals surface area contributed by atoms with Gasteiger partial charge in [0.25, 0.3) is 11.5 Å². The average Bonchev–Trinajstić information content (AvgIpc) is 2.60. The van der Waals surface area contributed by atoms with Crippen molar-refractivity contribution >= 4 is 22.5 Å². The van der Waals surface area contributed by atoms with Gasteiger partial charge in [-0.3, -0.25) is 9.59 Å². The van der Waals surface area contributed by atoms with E-state index in [2.05, 4.69) is 5.32 Å². The van der Waals surface area contributed by atoms with E-state index in [1.54, 1.807) is 34.9 Å². The van der Waals surface area contributed by atoms with E-state index in [1.807, 2.05) is 39.0 Å². The molecule has 3 rings (SSSR count). The largest absolute Gasteiger partial charge is 0.506 e. The Morgan fingerprint density at radius 2 is 1.77 bits per heavy atom. The summed E-state index contributed by atoms with van der Waals surface area (Å²) < 4.78 is 1.56. The third kappa shape index (κ3) is 3.20. The van der Waals surface area contributed by atoms with Crippen LogP contribution in [0.4, 0.5) is 5.69 Å². The Kier molecular flexibility index (Phi) is 4.80. The number of fused-ring (bicyclic) bond motifs is 1. The molecule has 134 valence electrons. The van der Waals surface area contributed by atoms with Gasteiger partial charge in [0.05, 0.1) is 5.52 Å². The fourth-order valence-corrected chi connectivity index (χ4v) is 3.04.